The van der Waals surface area contributed by atoms with Crippen LogP contribution < -0.4 is 5.73 Å². The number of nitrogens with zero attached hydrogens (tertiary/aromatic N) is 1. The van der Waals surface area contributed by atoms with Gasteiger partial charge in [0.05, 0.1) is 0 Å². The molecule has 16 heavy (non-hydrogen) atoms. The summed E-state index contributed by atoms with van der Waals surface area (Å²) in [4.78, 5) is 2.56. The molecule has 0 amide bonds. The Morgan fingerprint density at radius 2 is 1.75 bits per heavy atom. The standard InChI is InChI=1S/C14H22N2/c1-2-14(11-15)16-9-7-12-5-3-4-6-13(12)8-10-16/h3-6,14H,2,7-11,15H2,1H3. The second-order valence-corrected chi connectivity index (χ2v) is 4.60. The summed E-state index contributed by atoms with van der Waals surface area (Å²) < 4.78 is 0. The highest BCUT2D eigenvalue weighted by molar-refractivity contribution is 5.28. The van der Waals surface area contributed by atoms with Crippen LogP contribution in [0.15, 0.2) is 24.3 Å². The van der Waals surface area contributed by atoms with E-state index in [9.17, 15) is 0 Å². The first-order valence-electron chi connectivity index (χ1n) is 6.36. The maximum Gasteiger partial charge on any atom is 0.0216 e. The Labute approximate surface area is 98.4 Å². The first kappa shape index (κ1) is 11.6. The van der Waals surface area contributed by atoms with Crippen LogP contribution in [0.25, 0.3) is 0 Å². The maximum atomic E-state index is 5.83. The summed E-state index contributed by atoms with van der Waals surface area (Å²) in [7, 11) is 0. The van der Waals surface area contributed by atoms with Crippen LogP contribution in [-0.4, -0.2) is 30.6 Å². The monoisotopic (exact) mass is 218 g/mol. The summed E-state index contributed by atoms with van der Waals surface area (Å²) in [6.07, 6.45) is 3.51. The van der Waals surface area contributed by atoms with Crippen LogP contribution in [0.2, 0.25) is 0 Å². The number of rotatable bonds is 3. The van der Waals surface area contributed by atoms with Gasteiger partial charge in [-0.25, -0.2) is 0 Å². The topological polar surface area (TPSA) is 29.3 Å². The molecule has 1 aromatic carbocycles. The molecule has 1 aromatic rings. The molecule has 1 aliphatic heterocycles. The molecule has 0 aliphatic carbocycles. The minimum atomic E-state index is 0.564. The van der Waals surface area contributed by atoms with Gasteiger partial charge in [-0.15, -0.1) is 0 Å². The molecule has 0 aromatic heterocycles. The van der Waals surface area contributed by atoms with E-state index >= 15 is 0 Å². The number of hydrogen-bond donors (Lipinski definition) is 1. The fourth-order valence-corrected chi connectivity index (χ4v) is 2.62. The van der Waals surface area contributed by atoms with Crippen LogP contribution in [0.3, 0.4) is 0 Å². The van der Waals surface area contributed by atoms with E-state index in [-0.39, 0.29) is 0 Å². The summed E-state index contributed by atoms with van der Waals surface area (Å²) in [5.41, 5.74) is 8.88. The van der Waals surface area contributed by atoms with Crippen LogP contribution in [0.5, 0.6) is 0 Å². The number of nitrogens with two attached hydrogens (primary N) is 1. The largest absolute Gasteiger partial charge is 0.329 e. The fourth-order valence-electron chi connectivity index (χ4n) is 2.62. The van der Waals surface area contributed by atoms with Crippen LogP contribution in [-0.2, 0) is 12.8 Å². The second-order valence-electron chi connectivity index (χ2n) is 4.60. The Bertz CT molecular complexity index is 304. The van der Waals surface area contributed by atoms with Gasteiger partial charge in [0.25, 0.3) is 0 Å². The van der Waals surface area contributed by atoms with Gasteiger partial charge in [-0.1, -0.05) is 31.2 Å². The minimum Gasteiger partial charge on any atom is -0.329 e. The Morgan fingerprint density at radius 1 is 1.19 bits per heavy atom. The smallest absolute Gasteiger partial charge is 0.0216 e. The first-order valence-corrected chi connectivity index (χ1v) is 6.36. The summed E-state index contributed by atoms with van der Waals surface area (Å²) in [5, 5.41) is 0. The van der Waals surface area contributed by atoms with Gasteiger partial charge in [-0.05, 0) is 30.4 Å². The molecule has 1 aliphatic rings. The molecule has 1 atom stereocenters. The molecule has 2 nitrogen and oxygen atoms in total. The van der Waals surface area contributed by atoms with Crippen LogP contribution >= 0.6 is 0 Å². The van der Waals surface area contributed by atoms with E-state index < -0.39 is 0 Å². The first-order chi connectivity index (χ1) is 7.85. The van der Waals surface area contributed by atoms with Crippen LogP contribution in [0, 0.1) is 0 Å². The Kier molecular flexibility index (Phi) is 3.97. The lowest BCUT2D eigenvalue weighted by molar-refractivity contribution is 0.204. The zero-order valence-corrected chi connectivity index (χ0v) is 10.2. The summed E-state index contributed by atoms with van der Waals surface area (Å²) in [6, 6.07) is 9.39. The highest BCUT2D eigenvalue weighted by Gasteiger charge is 2.18. The van der Waals surface area contributed by atoms with Crippen LogP contribution in [0.1, 0.15) is 24.5 Å². The molecule has 2 heteroatoms. The van der Waals surface area contributed by atoms with Crippen molar-refractivity contribution >= 4 is 0 Å². The molecule has 0 radical (unpaired) electrons. The van der Waals surface area contributed by atoms with Gasteiger partial charge in [0.1, 0.15) is 0 Å². The zero-order valence-electron chi connectivity index (χ0n) is 10.2. The van der Waals surface area contributed by atoms with Crippen molar-refractivity contribution in [2.75, 3.05) is 19.6 Å². The van der Waals surface area contributed by atoms with Gasteiger partial charge >= 0.3 is 0 Å². The van der Waals surface area contributed by atoms with Gasteiger partial charge in [-0.2, -0.15) is 0 Å². The van der Waals surface area contributed by atoms with Crippen molar-refractivity contribution in [2.24, 2.45) is 5.73 Å². The van der Waals surface area contributed by atoms with E-state index in [0.29, 0.717) is 6.04 Å². The molecule has 1 unspecified atom stereocenters. The van der Waals surface area contributed by atoms with E-state index in [2.05, 4.69) is 36.1 Å². The van der Waals surface area contributed by atoms with E-state index in [1.807, 2.05) is 0 Å². The Morgan fingerprint density at radius 3 is 2.19 bits per heavy atom. The highest BCUT2D eigenvalue weighted by Crippen LogP contribution is 2.17. The van der Waals surface area contributed by atoms with E-state index in [4.69, 9.17) is 5.73 Å². The van der Waals surface area contributed by atoms with Gasteiger partial charge in [0, 0.05) is 25.7 Å². The molecule has 2 rings (SSSR count). The molecule has 0 bridgehead atoms. The lowest BCUT2D eigenvalue weighted by atomic mass is 10.0. The molecule has 0 saturated heterocycles. The number of benzene rings is 1. The van der Waals surface area contributed by atoms with Gasteiger partial charge in [0.2, 0.25) is 0 Å². The average Bonchev–Trinajstić information content (AvgIpc) is 2.54. The highest BCUT2D eigenvalue weighted by atomic mass is 15.2. The molecule has 0 saturated carbocycles. The molecule has 1 heterocycles. The van der Waals surface area contributed by atoms with Crippen molar-refractivity contribution in [3.63, 3.8) is 0 Å². The van der Waals surface area contributed by atoms with Crippen molar-refractivity contribution in [3.05, 3.63) is 35.4 Å². The third-order valence-electron chi connectivity index (χ3n) is 3.71. The third-order valence-corrected chi connectivity index (χ3v) is 3.71. The molecule has 0 fully saturated rings. The predicted molar refractivity (Wildman–Crippen MR) is 68.6 cm³/mol. The second kappa shape index (κ2) is 5.46. The van der Waals surface area contributed by atoms with Crippen molar-refractivity contribution in [3.8, 4) is 0 Å². The molecular weight excluding hydrogens is 196 g/mol. The maximum absolute atomic E-state index is 5.83. The van der Waals surface area contributed by atoms with Gasteiger partial charge in [0.15, 0.2) is 0 Å². The van der Waals surface area contributed by atoms with Gasteiger partial charge in [-0.3, -0.25) is 4.90 Å². The third kappa shape index (κ3) is 2.45. The zero-order chi connectivity index (χ0) is 11.4. The van der Waals surface area contributed by atoms with E-state index in [1.165, 1.54) is 24.0 Å². The van der Waals surface area contributed by atoms with Crippen molar-refractivity contribution in [1.29, 1.82) is 0 Å². The van der Waals surface area contributed by atoms with Crippen molar-refractivity contribution in [2.45, 2.75) is 32.2 Å². The number of hydrogen-bond acceptors (Lipinski definition) is 2. The molecule has 88 valence electrons. The van der Waals surface area contributed by atoms with Crippen LogP contribution in [0.4, 0.5) is 0 Å². The summed E-state index contributed by atoms with van der Waals surface area (Å²) in [5.74, 6) is 0. The quantitative estimate of drug-likeness (QED) is 0.838. The van der Waals surface area contributed by atoms with E-state index in [1.54, 1.807) is 0 Å². The van der Waals surface area contributed by atoms with Crippen molar-refractivity contribution < 1.29 is 0 Å². The number of fused-ring (bicyclic) bond motifs is 1. The Balaban J connectivity index is 2.07. The SMILES string of the molecule is CCC(CN)N1CCc2ccccc2CC1. The summed E-state index contributed by atoms with van der Waals surface area (Å²) >= 11 is 0. The normalized spacial score (nSPS) is 18.9. The summed E-state index contributed by atoms with van der Waals surface area (Å²) in [6.45, 7) is 5.34. The lowest BCUT2D eigenvalue weighted by Gasteiger charge is -2.28. The molecule has 2 N–H and O–H groups in total. The average molecular weight is 218 g/mol. The fraction of sp³-hybridized carbons (Fsp3) is 0.571. The predicted octanol–water partition coefficient (Wildman–Crippen LogP) is 1.82. The van der Waals surface area contributed by atoms with Gasteiger partial charge < -0.3 is 5.73 Å². The molecule has 0 spiro atoms. The van der Waals surface area contributed by atoms with Crippen molar-refractivity contribution in [1.82, 2.24) is 4.90 Å². The lowest BCUT2D eigenvalue weighted by Crippen LogP contribution is -2.41. The Hall–Kier alpha value is -0.860. The molecular formula is C14H22N2. The minimum absolute atomic E-state index is 0.564. The van der Waals surface area contributed by atoms with E-state index in [0.717, 1.165) is 26.1 Å².